The fraction of sp³-hybridized carbons (Fsp3) is 0.800. The number of aryl methyl sites for hydroxylation is 2. The molecule has 1 aliphatic rings. The Kier molecular flexibility index (Phi) is 3.20. The summed E-state index contributed by atoms with van der Waals surface area (Å²) < 4.78 is 1.89. The summed E-state index contributed by atoms with van der Waals surface area (Å²) >= 11 is 0. The largest absolute Gasteiger partial charge is 0.380 e. The summed E-state index contributed by atoms with van der Waals surface area (Å²) in [4.78, 5) is 0. The maximum absolute atomic E-state index is 4.40. The molecule has 0 aromatic carbocycles. The van der Waals surface area contributed by atoms with Gasteiger partial charge >= 0.3 is 0 Å². The van der Waals surface area contributed by atoms with Gasteiger partial charge in [0, 0.05) is 19.3 Å². The van der Waals surface area contributed by atoms with Gasteiger partial charge < -0.3 is 5.32 Å². The Morgan fingerprint density at radius 1 is 1.22 bits per heavy atom. The number of rotatable bonds is 2. The standard InChI is InChI=1S/C15H27N3/c1-11-13(9-18(6)17-11)16-12-7-14(2,3)10-15(4,5)8-12/h9,12,16H,7-8,10H2,1-6H3. The zero-order chi connectivity index (χ0) is 13.6. The van der Waals surface area contributed by atoms with Crippen LogP contribution in [-0.2, 0) is 7.05 Å². The lowest BCUT2D eigenvalue weighted by molar-refractivity contribution is 0.105. The Balaban J connectivity index is 2.12. The fourth-order valence-corrected chi connectivity index (χ4v) is 3.91. The monoisotopic (exact) mass is 249 g/mol. The van der Waals surface area contributed by atoms with E-state index >= 15 is 0 Å². The van der Waals surface area contributed by atoms with Gasteiger partial charge in [-0.25, -0.2) is 0 Å². The number of hydrogen-bond donors (Lipinski definition) is 1. The number of hydrogen-bond acceptors (Lipinski definition) is 2. The zero-order valence-electron chi connectivity index (χ0n) is 12.7. The van der Waals surface area contributed by atoms with Crippen LogP contribution in [0.3, 0.4) is 0 Å². The first-order valence-electron chi connectivity index (χ1n) is 6.94. The molecule has 0 saturated heterocycles. The van der Waals surface area contributed by atoms with Crippen molar-refractivity contribution in [2.45, 2.75) is 59.9 Å². The first-order valence-corrected chi connectivity index (χ1v) is 6.94. The van der Waals surface area contributed by atoms with E-state index in [9.17, 15) is 0 Å². The molecule has 0 atom stereocenters. The van der Waals surface area contributed by atoms with Crippen LogP contribution in [0, 0.1) is 17.8 Å². The molecule has 2 rings (SSSR count). The van der Waals surface area contributed by atoms with Gasteiger partial charge in [0.15, 0.2) is 0 Å². The summed E-state index contributed by atoms with van der Waals surface area (Å²) in [5.74, 6) is 0. The molecule has 0 radical (unpaired) electrons. The van der Waals surface area contributed by atoms with E-state index in [4.69, 9.17) is 0 Å². The zero-order valence-corrected chi connectivity index (χ0v) is 12.7. The topological polar surface area (TPSA) is 29.9 Å². The highest BCUT2D eigenvalue weighted by molar-refractivity contribution is 5.46. The maximum Gasteiger partial charge on any atom is 0.0825 e. The highest BCUT2D eigenvalue weighted by Gasteiger charge is 2.38. The SMILES string of the molecule is Cc1nn(C)cc1NC1CC(C)(C)CC(C)(C)C1. The van der Waals surface area contributed by atoms with Gasteiger partial charge in [0.25, 0.3) is 0 Å². The Bertz CT molecular complexity index is 413. The quantitative estimate of drug-likeness (QED) is 0.865. The Labute approximate surface area is 111 Å². The third kappa shape index (κ3) is 3.06. The van der Waals surface area contributed by atoms with E-state index in [0.717, 1.165) is 5.69 Å². The van der Waals surface area contributed by atoms with Crippen LogP contribution in [0.4, 0.5) is 5.69 Å². The predicted octanol–water partition coefficient (Wildman–Crippen LogP) is 3.75. The smallest absolute Gasteiger partial charge is 0.0825 e. The molecule has 3 nitrogen and oxygen atoms in total. The first kappa shape index (κ1) is 13.4. The van der Waals surface area contributed by atoms with Gasteiger partial charge in [-0.05, 0) is 37.0 Å². The summed E-state index contributed by atoms with van der Waals surface area (Å²) in [7, 11) is 1.98. The molecule has 0 aliphatic heterocycles. The molecule has 0 bridgehead atoms. The van der Waals surface area contributed by atoms with Crippen LogP contribution in [-0.4, -0.2) is 15.8 Å². The van der Waals surface area contributed by atoms with Crippen molar-refractivity contribution in [3.63, 3.8) is 0 Å². The summed E-state index contributed by atoms with van der Waals surface area (Å²) in [5.41, 5.74) is 3.14. The van der Waals surface area contributed by atoms with E-state index in [1.807, 2.05) is 11.7 Å². The molecule has 3 heteroatoms. The first-order chi connectivity index (χ1) is 8.17. The Morgan fingerprint density at radius 3 is 2.22 bits per heavy atom. The summed E-state index contributed by atoms with van der Waals surface area (Å²) in [5, 5.41) is 8.10. The molecule has 102 valence electrons. The highest BCUT2D eigenvalue weighted by atomic mass is 15.3. The van der Waals surface area contributed by atoms with Crippen LogP contribution in [0.25, 0.3) is 0 Å². The molecule has 1 saturated carbocycles. The molecule has 1 aromatic rings. The van der Waals surface area contributed by atoms with Crippen molar-refractivity contribution >= 4 is 5.69 Å². The number of aromatic nitrogens is 2. The van der Waals surface area contributed by atoms with Gasteiger partial charge in [-0.2, -0.15) is 5.10 Å². The minimum atomic E-state index is 0.426. The Hall–Kier alpha value is -0.990. The second-order valence-electron chi connectivity index (χ2n) is 7.56. The average Bonchev–Trinajstić information content (AvgIpc) is 2.38. The van der Waals surface area contributed by atoms with E-state index in [0.29, 0.717) is 16.9 Å². The van der Waals surface area contributed by atoms with Crippen molar-refractivity contribution in [2.24, 2.45) is 17.9 Å². The lowest BCUT2D eigenvalue weighted by Crippen LogP contribution is -2.40. The normalized spacial score (nSPS) is 23.0. The van der Waals surface area contributed by atoms with Crippen molar-refractivity contribution < 1.29 is 0 Å². The van der Waals surface area contributed by atoms with Crippen LogP contribution < -0.4 is 5.32 Å². The summed E-state index contributed by atoms with van der Waals surface area (Å²) in [6.45, 7) is 11.6. The van der Waals surface area contributed by atoms with Crippen LogP contribution in [0.2, 0.25) is 0 Å². The van der Waals surface area contributed by atoms with Crippen molar-refractivity contribution in [1.29, 1.82) is 0 Å². The van der Waals surface area contributed by atoms with Crippen LogP contribution >= 0.6 is 0 Å². The third-order valence-corrected chi connectivity index (χ3v) is 3.93. The Morgan fingerprint density at radius 2 is 1.78 bits per heavy atom. The minimum Gasteiger partial charge on any atom is -0.380 e. The molecule has 1 N–H and O–H groups in total. The van der Waals surface area contributed by atoms with Gasteiger partial charge in [-0.1, -0.05) is 27.7 Å². The highest BCUT2D eigenvalue weighted by Crippen LogP contribution is 2.46. The van der Waals surface area contributed by atoms with Crippen molar-refractivity contribution in [2.75, 3.05) is 5.32 Å². The molecule has 0 spiro atoms. The second-order valence-corrected chi connectivity index (χ2v) is 7.56. The van der Waals surface area contributed by atoms with E-state index < -0.39 is 0 Å². The molecule has 1 heterocycles. The lowest BCUT2D eigenvalue weighted by atomic mass is 9.63. The molecule has 1 fully saturated rings. The van der Waals surface area contributed by atoms with Crippen molar-refractivity contribution in [3.05, 3.63) is 11.9 Å². The van der Waals surface area contributed by atoms with E-state index in [1.165, 1.54) is 24.9 Å². The molecular weight excluding hydrogens is 222 g/mol. The lowest BCUT2D eigenvalue weighted by Gasteiger charge is -2.45. The van der Waals surface area contributed by atoms with Gasteiger partial charge in [-0.3, -0.25) is 4.68 Å². The van der Waals surface area contributed by atoms with Crippen molar-refractivity contribution in [1.82, 2.24) is 9.78 Å². The number of nitrogens with zero attached hydrogens (tertiary/aromatic N) is 2. The van der Waals surface area contributed by atoms with Crippen LogP contribution in [0.15, 0.2) is 6.20 Å². The van der Waals surface area contributed by atoms with Gasteiger partial charge in [-0.15, -0.1) is 0 Å². The third-order valence-electron chi connectivity index (χ3n) is 3.93. The van der Waals surface area contributed by atoms with Crippen LogP contribution in [0.1, 0.15) is 52.7 Å². The molecule has 18 heavy (non-hydrogen) atoms. The molecule has 1 aliphatic carbocycles. The number of anilines is 1. The molecular formula is C15H27N3. The van der Waals surface area contributed by atoms with E-state index in [-0.39, 0.29) is 0 Å². The van der Waals surface area contributed by atoms with Gasteiger partial charge in [0.1, 0.15) is 0 Å². The van der Waals surface area contributed by atoms with E-state index in [1.54, 1.807) is 0 Å². The second kappa shape index (κ2) is 4.29. The minimum absolute atomic E-state index is 0.426. The average molecular weight is 249 g/mol. The maximum atomic E-state index is 4.40. The van der Waals surface area contributed by atoms with Crippen molar-refractivity contribution in [3.8, 4) is 0 Å². The van der Waals surface area contributed by atoms with E-state index in [2.05, 4.69) is 51.2 Å². The molecule has 0 unspecified atom stereocenters. The summed E-state index contributed by atoms with van der Waals surface area (Å²) in [6, 6.07) is 0.562. The summed E-state index contributed by atoms with van der Waals surface area (Å²) in [6.07, 6.45) is 5.88. The number of nitrogens with one attached hydrogen (secondary N) is 1. The predicted molar refractivity (Wildman–Crippen MR) is 76.8 cm³/mol. The fourth-order valence-electron chi connectivity index (χ4n) is 3.91. The molecule has 1 aromatic heterocycles. The van der Waals surface area contributed by atoms with Gasteiger partial charge in [0.2, 0.25) is 0 Å². The molecule has 0 amide bonds. The van der Waals surface area contributed by atoms with Crippen LogP contribution in [0.5, 0.6) is 0 Å². The van der Waals surface area contributed by atoms with Gasteiger partial charge in [0.05, 0.1) is 11.4 Å².